The minimum atomic E-state index is -0.270. The van der Waals surface area contributed by atoms with Crippen LogP contribution >= 0.6 is 0 Å². The van der Waals surface area contributed by atoms with Gasteiger partial charge < -0.3 is 5.32 Å². The number of hydrazone groups is 1. The van der Waals surface area contributed by atoms with Gasteiger partial charge in [0.05, 0.1) is 5.69 Å². The molecule has 0 bridgehead atoms. The molecule has 0 radical (unpaired) electrons. The van der Waals surface area contributed by atoms with Crippen molar-refractivity contribution in [3.8, 4) is 12.1 Å². The fourth-order valence-electron chi connectivity index (χ4n) is 2.04. The Morgan fingerprint density at radius 3 is 2.38 bits per heavy atom. The van der Waals surface area contributed by atoms with Crippen molar-refractivity contribution in [2.45, 2.75) is 13.3 Å². The molecule has 0 atom stereocenters. The summed E-state index contributed by atoms with van der Waals surface area (Å²) in [6.45, 7) is 2.03. The summed E-state index contributed by atoms with van der Waals surface area (Å²) in [5.41, 5.74) is 5.26. The van der Waals surface area contributed by atoms with Gasteiger partial charge in [0.2, 0.25) is 5.71 Å². The first-order chi connectivity index (χ1) is 11.7. The SMILES string of the molecule is CCc1ccccc1NC(=O)c1ccc(NN=C(C#N)C#N)cc1. The summed E-state index contributed by atoms with van der Waals surface area (Å²) in [5.74, 6) is -0.208. The van der Waals surface area contributed by atoms with Gasteiger partial charge >= 0.3 is 0 Å². The molecule has 0 fully saturated rings. The van der Waals surface area contributed by atoms with Crippen molar-refractivity contribution in [3.05, 3.63) is 59.7 Å². The molecule has 6 nitrogen and oxygen atoms in total. The second kappa shape index (κ2) is 8.11. The molecule has 2 rings (SSSR count). The molecule has 0 spiro atoms. The van der Waals surface area contributed by atoms with Crippen LogP contribution in [0.25, 0.3) is 0 Å². The highest BCUT2D eigenvalue weighted by molar-refractivity contribution is 6.10. The van der Waals surface area contributed by atoms with Crippen LogP contribution in [0, 0.1) is 22.7 Å². The third-order valence-electron chi connectivity index (χ3n) is 3.30. The number of rotatable bonds is 5. The molecular weight excluding hydrogens is 302 g/mol. The third-order valence-corrected chi connectivity index (χ3v) is 3.30. The van der Waals surface area contributed by atoms with Gasteiger partial charge in [0.15, 0.2) is 0 Å². The first-order valence-electron chi connectivity index (χ1n) is 7.31. The second-order valence-electron chi connectivity index (χ2n) is 4.84. The lowest BCUT2D eigenvalue weighted by Gasteiger charge is -2.10. The zero-order chi connectivity index (χ0) is 17.4. The largest absolute Gasteiger partial charge is 0.322 e. The number of nitrogens with one attached hydrogen (secondary N) is 2. The number of nitriles is 2. The van der Waals surface area contributed by atoms with Crippen LogP contribution in [-0.4, -0.2) is 11.6 Å². The molecule has 0 heterocycles. The number of amides is 1. The number of carbonyl (C=O) groups is 1. The number of benzene rings is 2. The number of carbonyl (C=O) groups excluding carboxylic acids is 1. The molecule has 24 heavy (non-hydrogen) atoms. The van der Waals surface area contributed by atoms with Crippen molar-refractivity contribution in [2.75, 3.05) is 10.7 Å². The van der Waals surface area contributed by atoms with E-state index in [1.54, 1.807) is 36.4 Å². The summed E-state index contributed by atoms with van der Waals surface area (Å²) in [4.78, 5) is 12.3. The fourth-order valence-corrected chi connectivity index (χ4v) is 2.04. The van der Waals surface area contributed by atoms with E-state index in [1.165, 1.54) is 0 Å². The first-order valence-corrected chi connectivity index (χ1v) is 7.31. The molecule has 2 N–H and O–H groups in total. The van der Waals surface area contributed by atoms with Crippen LogP contribution in [0.4, 0.5) is 11.4 Å². The Labute approximate surface area is 140 Å². The van der Waals surface area contributed by atoms with E-state index in [-0.39, 0.29) is 11.6 Å². The average molecular weight is 317 g/mol. The van der Waals surface area contributed by atoms with Crippen LogP contribution in [0.3, 0.4) is 0 Å². The Morgan fingerprint density at radius 1 is 1.08 bits per heavy atom. The van der Waals surface area contributed by atoms with Gasteiger partial charge in [-0.1, -0.05) is 25.1 Å². The summed E-state index contributed by atoms with van der Waals surface area (Å²) in [6.07, 6.45) is 0.831. The Bertz CT molecular complexity index is 825. The van der Waals surface area contributed by atoms with Crippen LogP contribution in [0.1, 0.15) is 22.8 Å². The van der Waals surface area contributed by atoms with Crippen molar-refractivity contribution >= 4 is 23.0 Å². The Hall–Kier alpha value is -3.64. The molecule has 0 saturated heterocycles. The standard InChI is InChI=1S/C18H15N5O/c1-2-13-5-3-4-6-17(13)21-18(24)14-7-9-15(10-8-14)22-23-16(11-19)12-20/h3-10,22H,2H2,1H3,(H,21,24). The molecule has 0 aliphatic rings. The van der Waals surface area contributed by atoms with Crippen LogP contribution in [0.2, 0.25) is 0 Å². The summed E-state index contributed by atoms with van der Waals surface area (Å²) < 4.78 is 0. The average Bonchev–Trinajstić information content (AvgIpc) is 2.63. The van der Waals surface area contributed by atoms with Gasteiger partial charge in [-0.25, -0.2) is 0 Å². The summed E-state index contributed by atoms with van der Waals surface area (Å²) >= 11 is 0. The van der Waals surface area contributed by atoms with Crippen LogP contribution in [-0.2, 0) is 6.42 Å². The van der Waals surface area contributed by atoms with E-state index < -0.39 is 0 Å². The van der Waals surface area contributed by atoms with Crippen molar-refractivity contribution in [2.24, 2.45) is 5.10 Å². The number of aryl methyl sites for hydroxylation is 1. The minimum absolute atomic E-state index is 0.208. The maximum atomic E-state index is 12.3. The van der Waals surface area contributed by atoms with Crippen molar-refractivity contribution in [1.29, 1.82) is 10.5 Å². The third kappa shape index (κ3) is 4.19. The quantitative estimate of drug-likeness (QED) is 0.652. The van der Waals surface area contributed by atoms with E-state index in [1.807, 2.05) is 31.2 Å². The molecule has 0 aliphatic heterocycles. The van der Waals surface area contributed by atoms with Gasteiger partial charge in [-0.3, -0.25) is 10.2 Å². The molecular formula is C18H15N5O. The van der Waals surface area contributed by atoms with Gasteiger partial charge in [-0.05, 0) is 42.3 Å². The molecule has 0 aromatic heterocycles. The number of para-hydroxylation sites is 1. The normalized spacial score (nSPS) is 9.29. The maximum Gasteiger partial charge on any atom is 0.255 e. The second-order valence-corrected chi connectivity index (χ2v) is 4.84. The summed E-state index contributed by atoms with van der Waals surface area (Å²) in [5, 5.41) is 23.7. The number of anilines is 2. The zero-order valence-electron chi connectivity index (χ0n) is 13.1. The topological polar surface area (TPSA) is 101 Å². The zero-order valence-corrected chi connectivity index (χ0v) is 13.1. The van der Waals surface area contributed by atoms with Crippen LogP contribution in [0.5, 0.6) is 0 Å². The summed E-state index contributed by atoms with van der Waals surface area (Å²) in [6, 6.07) is 17.5. The molecule has 6 heteroatoms. The maximum absolute atomic E-state index is 12.3. The van der Waals surface area contributed by atoms with Crippen molar-refractivity contribution < 1.29 is 4.79 Å². The molecule has 118 valence electrons. The van der Waals surface area contributed by atoms with Crippen molar-refractivity contribution in [3.63, 3.8) is 0 Å². The van der Waals surface area contributed by atoms with E-state index in [4.69, 9.17) is 10.5 Å². The predicted molar refractivity (Wildman–Crippen MR) is 92.5 cm³/mol. The fraction of sp³-hybridized carbons (Fsp3) is 0.111. The molecule has 1 amide bonds. The molecule has 0 saturated carbocycles. The van der Waals surface area contributed by atoms with E-state index in [2.05, 4.69) is 15.8 Å². The monoisotopic (exact) mass is 317 g/mol. The highest BCUT2D eigenvalue weighted by Crippen LogP contribution is 2.17. The highest BCUT2D eigenvalue weighted by Gasteiger charge is 2.08. The Balaban J connectivity index is 2.08. The minimum Gasteiger partial charge on any atom is -0.322 e. The first kappa shape index (κ1) is 16.7. The van der Waals surface area contributed by atoms with Crippen molar-refractivity contribution in [1.82, 2.24) is 0 Å². The predicted octanol–water partition coefficient (Wildman–Crippen LogP) is 3.32. The van der Waals surface area contributed by atoms with E-state index in [0.29, 0.717) is 11.3 Å². The van der Waals surface area contributed by atoms with Gasteiger partial charge in [0.25, 0.3) is 5.91 Å². The van der Waals surface area contributed by atoms with E-state index in [0.717, 1.165) is 17.7 Å². The Morgan fingerprint density at radius 2 is 1.75 bits per heavy atom. The van der Waals surface area contributed by atoms with Gasteiger partial charge in [-0.2, -0.15) is 15.6 Å². The number of hydrogen-bond donors (Lipinski definition) is 2. The lowest BCUT2D eigenvalue weighted by atomic mass is 10.1. The van der Waals surface area contributed by atoms with Crippen LogP contribution in [0.15, 0.2) is 53.6 Å². The van der Waals surface area contributed by atoms with E-state index in [9.17, 15) is 4.79 Å². The molecule has 0 unspecified atom stereocenters. The number of hydrogen-bond acceptors (Lipinski definition) is 5. The number of nitrogens with zero attached hydrogens (tertiary/aromatic N) is 3. The smallest absolute Gasteiger partial charge is 0.255 e. The molecule has 2 aromatic carbocycles. The molecule has 0 aliphatic carbocycles. The van der Waals surface area contributed by atoms with Gasteiger partial charge in [0.1, 0.15) is 12.1 Å². The molecule has 2 aromatic rings. The summed E-state index contributed by atoms with van der Waals surface area (Å²) in [7, 11) is 0. The highest BCUT2D eigenvalue weighted by atomic mass is 16.1. The van der Waals surface area contributed by atoms with Gasteiger partial charge in [-0.15, -0.1) is 0 Å². The van der Waals surface area contributed by atoms with Crippen LogP contribution < -0.4 is 10.7 Å². The van der Waals surface area contributed by atoms with E-state index >= 15 is 0 Å². The Kier molecular flexibility index (Phi) is 5.65. The van der Waals surface area contributed by atoms with Gasteiger partial charge in [0, 0.05) is 11.3 Å². The lowest BCUT2D eigenvalue weighted by Crippen LogP contribution is -2.13. The lowest BCUT2D eigenvalue weighted by molar-refractivity contribution is 0.102.